The molecule has 0 fully saturated rings. The van der Waals surface area contributed by atoms with E-state index in [2.05, 4.69) is 0 Å². The van der Waals surface area contributed by atoms with Crippen LogP contribution in [0.15, 0.2) is 30.3 Å². The van der Waals surface area contributed by atoms with Gasteiger partial charge in [0.2, 0.25) is 5.91 Å². The Hall–Kier alpha value is -3.50. The number of benzene rings is 1. The molecule has 11 heteroatoms. The standard InChI is InChI=1S/C18H21FN2O8/c1-20(12(17(26)27)8-10-15(23)24)14(22)9-7-13(18(28)29)21(19)16(25)11-5-3-2-4-6-11/h2-6,12-13H,7-10H2,1H3,(H,23,24)(H,26,27)(H,28,29)/t12-,13-/m0/s1. The fourth-order valence-electron chi connectivity index (χ4n) is 2.53. The molecule has 0 aliphatic heterocycles. The number of amides is 2. The van der Waals surface area contributed by atoms with Gasteiger partial charge in [0.1, 0.15) is 6.04 Å². The van der Waals surface area contributed by atoms with E-state index in [0.717, 1.165) is 11.9 Å². The lowest BCUT2D eigenvalue weighted by atomic mass is 10.1. The van der Waals surface area contributed by atoms with Crippen LogP contribution in [0.3, 0.4) is 0 Å². The maximum atomic E-state index is 14.4. The van der Waals surface area contributed by atoms with Crippen LogP contribution in [0.5, 0.6) is 0 Å². The second-order valence-corrected chi connectivity index (χ2v) is 6.17. The van der Waals surface area contributed by atoms with Crippen LogP contribution in [-0.4, -0.2) is 74.2 Å². The van der Waals surface area contributed by atoms with Gasteiger partial charge in [0, 0.05) is 25.5 Å². The Morgan fingerprint density at radius 1 is 0.897 bits per heavy atom. The number of carbonyl (C=O) groups is 5. The molecule has 1 rings (SSSR count). The summed E-state index contributed by atoms with van der Waals surface area (Å²) in [4.78, 5) is 58.3. The van der Waals surface area contributed by atoms with Crippen LogP contribution in [0.25, 0.3) is 0 Å². The molecule has 2 amide bonds. The largest absolute Gasteiger partial charge is 0.481 e. The normalized spacial score (nSPS) is 12.5. The number of hydrogen-bond acceptors (Lipinski definition) is 5. The van der Waals surface area contributed by atoms with Gasteiger partial charge in [-0.2, -0.15) is 5.12 Å². The number of likely N-dealkylation sites (N-methyl/N-ethyl adjacent to an activating group) is 1. The van der Waals surface area contributed by atoms with Gasteiger partial charge < -0.3 is 20.2 Å². The number of hydrogen-bond donors (Lipinski definition) is 3. The molecule has 0 bridgehead atoms. The third kappa shape index (κ3) is 6.87. The minimum absolute atomic E-state index is 0.0793. The highest BCUT2D eigenvalue weighted by atomic mass is 19.2. The van der Waals surface area contributed by atoms with Crippen molar-refractivity contribution in [1.29, 1.82) is 0 Å². The predicted octanol–water partition coefficient (Wildman–Crippen LogP) is 1.02. The Kier molecular flexibility index (Phi) is 8.71. The Bertz CT molecular complexity index is 770. The lowest BCUT2D eigenvalue weighted by Crippen LogP contribution is -2.44. The lowest BCUT2D eigenvalue weighted by Gasteiger charge is -2.26. The molecule has 0 aliphatic rings. The summed E-state index contributed by atoms with van der Waals surface area (Å²) in [5.41, 5.74) is -0.0793. The van der Waals surface area contributed by atoms with Crippen LogP contribution in [0.4, 0.5) is 4.48 Å². The first kappa shape index (κ1) is 23.5. The van der Waals surface area contributed by atoms with E-state index in [9.17, 15) is 33.6 Å². The number of carboxylic acids is 3. The molecule has 0 aliphatic carbocycles. The molecule has 1 aromatic carbocycles. The quantitative estimate of drug-likeness (QED) is 0.456. The summed E-state index contributed by atoms with van der Waals surface area (Å²) in [5.74, 6) is -6.36. The molecule has 10 nitrogen and oxygen atoms in total. The summed E-state index contributed by atoms with van der Waals surface area (Å²) in [6, 6.07) is 3.74. The Balaban J connectivity index is 2.80. The van der Waals surface area contributed by atoms with Crippen LogP contribution < -0.4 is 0 Å². The monoisotopic (exact) mass is 412 g/mol. The predicted molar refractivity (Wildman–Crippen MR) is 95.4 cm³/mol. The number of aliphatic carboxylic acids is 3. The van der Waals surface area contributed by atoms with Crippen LogP contribution in [0.2, 0.25) is 0 Å². The van der Waals surface area contributed by atoms with Crippen LogP contribution >= 0.6 is 0 Å². The molecule has 0 aromatic heterocycles. The summed E-state index contributed by atoms with van der Waals surface area (Å²) in [7, 11) is 1.13. The maximum absolute atomic E-state index is 14.4. The third-order valence-electron chi connectivity index (χ3n) is 4.18. The van der Waals surface area contributed by atoms with E-state index in [1.807, 2.05) is 0 Å². The van der Waals surface area contributed by atoms with E-state index in [4.69, 9.17) is 10.2 Å². The molecule has 158 valence electrons. The molecule has 1 aromatic rings. The molecular weight excluding hydrogens is 391 g/mol. The van der Waals surface area contributed by atoms with E-state index in [1.54, 1.807) is 6.07 Å². The van der Waals surface area contributed by atoms with Crippen molar-refractivity contribution in [2.24, 2.45) is 0 Å². The second kappa shape index (κ2) is 10.7. The van der Waals surface area contributed by atoms with Crippen molar-refractivity contribution in [3.63, 3.8) is 0 Å². The van der Waals surface area contributed by atoms with Crippen LogP contribution in [-0.2, 0) is 19.2 Å². The zero-order valence-electron chi connectivity index (χ0n) is 15.5. The lowest BCUT2D eigenvalue weighted by molar-refractivity contribution is -0.152. The highest BCUT2D eigenvalue weighted by Gasteiger charge is 2.33. The summed E-state index contributed by atoms with van der Waals surface area (Å²) >= 11 is 0. The van der Waals surface area contributed by atoms with Gasteiger partial charge in [-0.05, 0) is 25.0 Å². The van der Waals surface area contributed by atoms with Crippen molar-refractivity contribution < 1.29 is 43.8 Å². The van der Waals surface area contributed by atoms with Crippen molar-refractivity contribution in [1.82, 2.24) is 10.0 Å². The Morgan fingerprint density at radius 3 is 1.90 bits per heavy atom. The highest BCUT2D eigenvalue weighted by Crippen LogP contribution is 2.16. The van der Waals surface area contributed by atoms with Crippen LogP contribution in [0.1, 0.15) is 36.0 Å². The minimum Gasteiger partial charge on any atom is -0.481 e. The van der Waals surface area contributed by atoms with Crippen molar-refractivity contribution in [2.75, 3.05) is 7.05 Å². The van der Waals surface area contributed by atoms with E-state index in [0.29, 0.717) is 0 Å². The molecule has 0 heterocycles. The average Bonchev–Trinajstić information content (AvgIpc) is 2.67. The third-order valence-corrected chi connectivity index (χ3v) is 4.18. The smallest absolute Gasteiger partial charge is 0.329 e. The molecule has 3 N–H and O–H groups in total. The number of rotatable bonds is 11. The molecule has 29 heavy (non-hydrogen) atoms. The van der Waals surface area contributed by atoms with Gasteiger partial charge in [-0.3, -0.25) is 14.4 Å². The summed E-state index contributed by atoms with van der Waals surface area (Å²) in [5, 5.41) is 26.6. The topological polar surface area (TPSA) is 153 Å². The molecule has 0 saturated carbocycles. The Labute approximate surface area is 165 Å². The number of halogens is 1. The van der Waals surface area contributed by atoms with Gasteiger partial charge in [0.05, 0.1) is 0 Å². The van der Waals surface area contributed by atoms with Crippen molar-refractivity contribution >= 4 is 29.7 Å². The first-order chi connectivity index (χ1) is 13.6. The first-order valence-corrected chi connectivity index (χ1v) is 8.53. The molecule has 0 unspecified atom stereocenters. The fourth-order valence-corrected chi connectivity index (χ4v) is 2.53. The van der Waals surface area contributed by atoms with Gasteiger partial charge in [-0.1, -0.05) is 22.7 Å². The molecule has 2 atom stereocenters. The molecule has 0 spiro atoms. The molecule has 0 radical (unpaired) electrons. The molecule has 0 saturated heterocycles. The number of carboxylic acid groups (broad SMARTS) is 3. The summed E-state index contributed by atoms with van der Waals surface area (Å²) in [6.45, 7) is 0. The Morgan fingerprint density at radius 2 is 1.41 bits per heavy atom. The van der Waals surface area contributed by atoms with E-state index >= 15 is 0 Å². The van der Waals surface area contributed by atoms with Gasteiger partial charge in [-0.25, -0.2) is 9.59 Å². The molecular formula is C18H21FN2O8. The van der Waals surface area contributed by atoms with Gasteiger partial charge in [-0.15, -0.1) is 0 Å². The van der Waals surface area contributed by atoms with E-state index in [-0.39, 0.29) is 12.0 Å². The average molecular weight is 412 g/mol. The van der Waals surface area contributed by atoms with Crippen LogP contribution in [0, 0.1) is 0 Å². The van der Waals surface area contributed by atoms with Crippen molar-refractivity contribution in [2.45, 2.75) is 37.8 Å². The van der Waals surface area contributed by atoms with E-state index < -0.39 is 66.2 Å². The van der Waals surface area contributed by atoms with E-state index in [1.165, 1.54) is 24.3 Å². The first-order valence-electron chi connectivity index (χ1n) is 8.53. The van der Waals surface area contributed by atoms with Gasteiger partial charge >= 0.3 is 17.9 Å². The fraction of sp³-hybridized carbons (Fsp3) is 0.389. The number of carbonyl (C=O) groups excluding carboxylic acids is 2. The maximum Gasteiger partial charge on any atom is 0.329 e. The van der Waals surface area contributed by atoms with Gasteiger partial charge in [0.25, 0.3) is 5.91 Å². The second-order valence-electron chi connectivity index (χ2n) is 6.17. The highest BCUT2D eigenvalue weighted by molar-refractivity contribution is 5.96. The van der Waals surface area contributed by atoms with Crippen molar-refractivity contribution in [3.05, 3.63) is 35.9 Å². The SMILES string of the molecule is CN(C(=O)CC[C@@H](C(=O)O)N(F)C(=O)c1ccccc1)[C@@H](CCC(=O)O)C(=O)O. The summed E-state index contributed by atoms with van der Waals surface area (Å²) < 4.78 is 14.4. The number of nitrogens with zero attached hydrogens (tertiary/aromatic N) is 2. The zero-order chi connectivity index (χ0) is 22.1. The minimum atomic E-state index is -1.96. The summed E-state index contributed by atoms with van der Waals surface area (Å²) in [6.07, 6.45) is -2.00. The zero-order valence-corrected chi connectivity index (χ0v) is 15.5. The van der Waals surface area contributed by atoms with Gasteiger partial charge in [0.15, 0.2) is 6.04 Å². The van der Waals surface area contributed by atoms with Crippen molar-refractivity contribution in [3.8, 4) is 0 Å².